The predicted octanol–water partition coefficient (Wildman–Crippen LogP) is 2.80. The standard InChI is InChI=1S/C17H29N3O4S/c1-11(2)9-15(17(21)22)19-16-8-7-14(10-18-16)25(23,24)20(12(3)4)13(5)6/h7-8,10-13,15H,9H2,1-6H3,(H,18,19)(H,21,22). The summed E-state index contributed by atoms with van der Waals surface area (Å²) >= 11 is 0. The number of aliphatic carboxylic acids is 1. The van der Waals surface area contributed by atoms with Crippen LogP contribution < -0.4 is 5.32 Å². The zero-order chi connectivity index (χ0) is 19.4. The zero-order valence-electron chi connectivity index (χ0n) is 15.7. The number of nitrogens with zero attached hydrogens (tertiary/aromatic N) is 2. The summed E-state index contributed by atoms with van der Waals surface area (Å²) in [6.45, 7) is 11.2. The lowest BCUT2D eigenvalue weighted by atomic mass is 10.0. The van der Waals surface area contributed by atoms with Crippen LogP contribution in [-0.4, -0.2) is 46.9 Å². The van der Waals surface area contributed by atoms with Gasteiger partial charge in [-0.2, -0.15) is 4.31 Å². The van der Waals surface area contributed by atoms with Crippen molar-refractivity contribution in [1.29, 1.82) is 0 Å². The van der Waals surface area contributed by atoms with Crippen LogP contribution in [0.2, 0.25) is 0 Å². The summed E-state index contributed by atoms with van der Waals surface area (Å²) in [5.41, 5.74) is 0. The molecule has 0 aliphatic rings. The number of hydrogen-bond acceptors (Lipinski definition) is 5. The highest BCUT2D eigenvalue weighted by atomic mass is 32.2. The monoisotopic (exact) mass is 371 g/mol. The van der Waals surface area contributed by atoms with Crippen LogP contribution in [0.1, 0.15) is 48.0 Å². The van der Waals surface area contributed by atoms with E-state index < -0.39 is 22.0 Å². The summed E-state index contributed by atoms with van der Waals surface area (Å²) in [7, 11) is -3.65. The maximum Gasteiger partial charge on any atom is 0.326 e. The van der Waals surface area contributed by atoms with Gasteiger partial charge in [0, 0.05) is 18.3 Å². The van der Waals surface area contributed by atoms with Crippen LogP contribution in [0.15, 0.2) is 23.2 Å². The number of hydrogen-bond donors (Lipinski definition) is 2. The minimum atomic E-state index is -3.65. The molecule has 0 fully saturated rings. The van der Waals surface area contributed by atoms with E-state index >= 15 is 0 Å². The number of sulfonamides is 1. The fourth-order valence-corrected chi connectivity index (χ4v) is 4.54. The Labute approximate surface area is 150 Å². The third kappa shape index (κ3) is 5.67. The molecule has 8 heteroatoms. The highest BCUT2D eigenvalue weighted by Crippen LogP contribution is 2.21. The normalized spacial score (nSPS) is 13.7. The third-order valence-corrected chi connectivity index (χ3v) is 5.89. The SMILES string of the molecule is CC(C)CC(Nc1ccc(S(=O)(=O)N(C(C)C)C(C)C)cn1)C(=O)O. The zero-order valence-corrected chi connectivity index (χ0v) is 16.5. The van der Waals surface area contributed by atoms with E-state index in [2.05, 4.69) is 10.3 Å². The summed E-state index contributed by atoms with van der Waals surface area (Å²) in [5, 5.41) is 12.1. The van der Waals surface area contributed by atoms with Crippen molar-refractivity contribution in [2.45, 2.75) is 71.0 Å². The van der Waals surface area contributed by atoms with Gasteiger partial charge in [-0.3, -0.25) is 0 Å². The number of pyridine rings is 1. The summed E-state index contributed by atoms with van der Waals surface area (Å²) < 4.78 is 27.0. The molecule has 0 radical (unpaired) electrons. The molecule has 0 spiro atoms. The summed E-state index contributed by atoms with van der Waals surface area (Å²) in [6, 6.07) is 1.84. The van der Waals surface area contributed by atoms with Gasteiger partial charge in [-0.1, -0.05) is 13.8 Å². The first-order valence-corrected chi connectivity index (χ1v) is 9.89. The minimum Gasteiger partial charge on any atom is -0.480 e. The molecule has 142 valence electrons. The smallest absolute Gasteiger partial charge is 0.326 e. The van der Waals surface area contributed by atoms with Gasteiger partial charge in [0.25, 0.3) is 0 Å². The maximum absolute atomic E-state index is 12.8. The number of nitrogens with one attached hydrogen (secondary N) is 1. The van der Waals surface area contributed by atoms with Crippen molar-refractivity contribution in [1.82, 2.24) is 9.29 Å². The molecule has 2 N–H and O–H groups in total. The molecule has 0 aliphatic carbocycles. The minimum absolute atomic E-state index is 0.0937. The van der Waals surface area contributed by atoms with Crippen LogP contribution in [0.5, 0.6) is 0 Å². The van der Waals surface area contributed by atoms with Gasteiger partial charge in [0.15, 0.2) is 0 Å². The van der Waals surface area contributed by atoms with E-state index in [1.807, 2.05) is 41.5 Å². The van der Waals surface area contributed by atoms with E-state index in [9.17, 15) is 18.3 Å². The second kappa shape index (κ2) is 8.62. The Kier molecular flexibility index (Phi) is 7.37. The second-order valence-electron chi connectivity index (χ2n) is 7.07. The van der Waals surface area contributed by atoms with E-state index in [1.54, 1.807) is 0 Å². The lowest BCUT2D eigenvalue weighted by Gasteiger charge is -2.29. The fraction of sp³-hybridized carbons (Fsp3) is 0.647. The molecule has 1 unspecified atom stereocenters. The van der Waals surface area contributed by atoms with Gasteiger partial charge in [-0.25, -0.2) is 18.2 Å². The van der Waals surface area contributed by atoms with E-state index in [0.717, 1.165) is 0 Å². The van der Waals surface area contributed by atoms with Gasteiger partial charge >= 0.3 is 5.97 Å². The largest absolute Gasteiger partial charge is 0.480 e. The van der Waals surface area contributed by atoms with Gasteiger partial charge in [-0.05, 0) is 52.2 Å². The molecule has 7 nitrogen and oxygen atoms in total. The van der Waals surface area contributed by atoms with Crippen molar-refractivity contribution in [3.05, 3.63) is 18.3 Å². The molecule has 1 aromatic heterocycles. The first kappa shape index (κ1) is 21.4. The molecular formula is C17H29N3O4S. The van der Waals surface area contributed by atoms with Gasteiger partial charge in [0.05, 0.1) is 0 Å². The van der Waals surface area contributed by atoms with Crippen LogP contribution in [0.3, 0.4) is 0 Å². The number of anilines is 1. The summed E-state index contributed by atoms with van der Waals surface area (Å²) in [5.74, 6) is -0.412. The fourth-order valence-electron chi connectivity index (χ4n) is 2.76. The molecule has 0 saturated heterocycles. The Morgan fingerprint density at radius 2 is 1.72 bits per heavy atom. The lowest BCUT2D eigenvalue weighted by Crippen LogP contribution is -2.41. The van der Waals surface area contributed by atoms with E-state index in [4.69, 9.17) is 0 Å². The summed E-state index contributed by atoms with van der Waals surface area (Å²) in [6.07, 6.45) is 1.72. The number of aromatic nitrogens is 1. The Morgan fingerprint density at radius 3 is 2.08 bits per heavy atom. The van der Waals surface area contributed by atoms with Crippen molar-refractivity contribution in [2.24, 2.45) is 5.92 Å². The molecule has 25 heavy (non-hydrogen) atoms. The molecule has 1 atom stereocenters. The van der Waals surface area contributed by atoms with Crippen LogP contribution in [0.25, 0.3) is 0 Å². The van der Waals surface area contributed by atoms with E-state index in [0.29, 0.717) is 12.2 Å². The number of rotatable bonds is 9. The molecule has 0 saturated carbocycles. The highest BCUT2D eigenvalue weighted by Gasteiger charge is 2.29. The molecule has 0 aromatic carbocycles. The molecule has 1 aromatic rings. The lowest BCUT2D eigenvalue weighted by molar-refractivity contribution is -0.138. The molecule has 1 rings (SSSR count). The van der Waals surface area contributed by atoms with Crippen molar-refractivity contribution < 1.29 is 18.3 Å². The Morgan fingerprint density at radius 1 is 1.16 bits per heavy atom. The maximum atomic E-state index is 12.8. The van der Waals surface area contributed by atoms with E-state index in [-0.39, 0.29) is 22.9 Å². The van der Waals surface area contributed by atoms with Gasteiger partial charge in [-0.15, -0.1) is 0 Å². The van der Waals surface area contributed by atoms with Gasteiger partial charge in [0.2, 0.25) is 10.0 Å². The van der Waals surface area contributed by atoms with Crippen LogP contribution in [-0.2, 0) is 14.8 Å². The Hall–Kier alpha value is -1.67. The predicted molar refractivity (Wildman–Crippen MR) is 98.0 cm³/mol. The number of carboxylic acids is 1. The first-order chi connectivity index (χ1) is 11.5. The van der Waals surface area contributed by atoms with E-state index in [1.165, 1.54) is 22.6 Å². The first-order valence-electron chi connectivity index (χ1n) is 8.45. The second-order valence-corrected chi connectivity index (χ2v) is 8.91. The van der Waals surface area contributed by atoms with Crippen molar-refractivity contribution in [3.8, 4) is 0 Å². The molecule has 0 amide bonds. The molecule has 0 aliphatic heterocycles. The van der Waals surface area contributed by atoms with Gasteiger partial charge in [0.1, 0.15) is 16.8 Å². The van der Waals surface area contributed by atoms with Gasteiger partial charge < -0.3 is 10.4 Å². The molecule has 1 heterocycles. The van der Waals surface area contributed by atoms with Crippen molar-refractivity contribution in [3.63, 3.8) is 0 Å². The van der Waals surface area contributed by atoms with Crippen LogP contribution in [0.4, 0.5) is 5.82 Å². The molecular weight excluding hydrogens is 342 g/mol. The topological polar surface area (TPSA) is 99.6 Å². The quantitative estimate of drug-likeness (QED) is 0.692. The van der Waals surface area contributed by atoms with Crippen LogP contribution >= 0.6 is 0 Å². The van der Waals surface area contributed by atoms with Crippen molar-refractivity contribution >= 4 is 21.8 Å². The number of carboxylic acid groups (broad SMARTS) is 1. The number of carbonyl (C=O) groups is 1. The summed E-state index contributed by atoms with van der Waals surface area (Å²) in [4.78, 5) is 15.5. The van der Waals surface area contributed by atoms with Crippen molar-refractivity contribution in [2.75, 3.05) is 5.32 Å². The average molecular weight is 372 g/mol. The Bertz CT molecular complexity index is 662. The highest BCUT2D eigenvalue weighted by molar-refractivity contribution is 7.89. The van der Waals surface area contributed by atoms with Crippen LogP contribution in [0, 0.1) is 5.92 Å². The Balaban J connectivity index is 3.04. The molecule has 0 bridgehead atoms. The third-order valence-electron chi connectivity index (χ3n) is 3.66. The average Bonchev–Trinajstić information content (AvgIpc) is 2.45.